The molecule has 0 aromatic heterocycles. The number of allylic oxidation sites excluding steroid dienone is 1. The SMILES string of the molecule is CCCC1(C)CCC2C3(COC(=O)c4ccccc4)C=C(OC(C)=O)C(=O)C(C)(C)C3CC(OC(C)=O)C2(O)C1=O. The molecule has 9 heteroatoms. The molecule has 222 valence electrons. The topological polar surface area (TPSA) is 133 Å². The van der Waals surface area contributed by atoms with E-state index in [1.54, 1.807) is 44.2 Å². The fourth-order valence-corrected chi connectivity index (χ4v) is 7.75. The highest BCUT2D eigenvalue weighted by Gasteiger charge is 2.73. The Morgan fingerprint density at radius 1 is 1.00 bits per heavy atom. The molecule has 0 spiro atoms. The molecule has 1 aromatic carbocycles. The van der Waals surface area contributed by atoms with Gasteiger partial charge in [-0.25, -0.2) is 4.79 Å². The minimum absolute atomic E-state index is 0.0357. The summed E-state index contributed by atoms with van der Waals surface area (Å²) >= 11 is 0. The average molecular weight is 569 g/mol. The van der Waals surface area contributed by atoms with Crippen molar-refractivity contribution in [1.82, 2.24) is 0 Å². The number of ether oxygens (including phenoxy) is 3. The molecule has 0 aliphatic heterocycles. The van der Waals surface area contributed by atoms with Gasteiger partial charge in [-0.1, -0.05) is 52.3 Å². The van der Waals surface area contributed by atoms with Gasteiger partial charge in [-0.3, -0.25) is 19.2 Å². The van der Waals surface area contributed by atoms with Crippen molar-refractivity contribution in [3.63, 3.8) is 0 Å². The molecule has 2 fully saturated rings. The van der Waals surface area contributed by atoms with Crippen LogP contribution >= 0.6 is 0 Å². The Kier molecular flexibility index (Phi) is 8.08. The number of aliphatic hydroxyl groups is 1. The van der Waals surface area contributed by atoms with Crippen LogP contribution in [-0.2, 0) is 33.4 Å². The van der Waals surface area contributed by atoms with E-state index in [1.807, 2.05) is 13.8 Å². The number of benzene rings is 1. The van der Waals surface area contributed by atoms with Crippen molar-refractivity contribution in [1.29, 1.82) is 0 Å². The highest BCUT2D eigenvalue weighted by molar-refractivity contribution is 6.01. The van der Waals surface area contributed by atoms with E-state index in [0.717, 1.165) is 0 Å². The van der Waals surface area contributed by atoms with Gasteiger partial charge in [-0.05, 0) is 49.8 Å². The van der Waals surface area contributed by atoms with Crippen LogP contribution in [0.3, 0.4) is 0 Å². The van der Waals surface area contributed by atoms with E-state index in [-0.39, 0.29) is 18.8 Å². The zero-order valence-electron chi connectivity index (χ0n) is 24.7. The maximum atomic E-state index is 14.3. The number of Topliss-reactive ketones (excluding diaryl/α,β-unsaturated/α-hetero) is 2. The van der Waals surface area contributed by atoms with Crippen LogP contribution in [0.5, 0.6) is 0 Å². The lowest BCUT2D eigenvalue weighted by molar-refractivity contribution is -0.238. The lowest BCUT2D eigenvalue weighted by Crippen LogP contribution is -2.73. The van der Waals surface area contributed by atoms with Gasteiger partial charge >= 0.3 is 17.9 Å². The Balaban J connectivity index is 1.93. The first-order valence-electron chi connectivity index (χ1n) is 14.3. The third-order valence-electron chi connectivity index (χ3n) is 9.57. The molecule has 6 atom stereocenters. The zero-order chi connectivity index (χ0) is 30.4. The van der Waals surface area contributed by atoms with E-state index < -0.39 is 69.3 Å². The highest BCUT2D eigenvalue weighted by atomic mass is 16.6. The van der Waals surface area contributed by atoms with Crippen molar-refractivity contribution in [3.8, 4) is 0 Å². The molecule has 3 aliphatic carbocycles. The number of carbonyl (C=O) groups excluding carboxylic acids is 5. The van der Waals surface area contributed by atoms with E-state index >= 15 is 0 Å². The van der Waals surface area contributed by atoms with Crippen molar-refractivity contribution in [3.05, 3.63) is 47.7 Å². The van der Waals surface area contributed by atoms with Gasteiger partial charge in [0.15, 0.2) is 17.1 Å². The molecule has 0 bridgehead atoms. The fourth-order valence-electron chi connectivity index (χ4n) is 7.75. The summed E-state index contributed by atoms with van der Waals surface area (Å²) in [5.41, 5.74) is -5.16. The molecule has 3 aliphatic rings. The second kappa shape index (κ2) is 10.8. The maximum absolute atomic E-state index is 14.3. The van der Waals surface area contributed by atoms with E-state index in [4.69, 9.17) is 14.2 Å². The summed E-state index contributed by atoms with van der Waals surface area (Å²) < 4.78 is 17.0. The summed E-state index contributed by atoms with van der Waals surface area (Å²) in [4.78, 5) is 65.5. The zero-order valence-corrected chi connectivity index (χ0v) is 24.7. The fraction of sp³-hybridized carbons (Fsp3) is 0.594. The molecule has 1 N–H and O–H groups in total. The van der Waals surface area contributed by atoms with Crippen molar-refractivity contribution in [2.75, 3.05) is 6.61 Å². The minimum Gasteiger partial charge on any atom is -0.461 e. The summed E-state index contributed by atoms with van der Waals surface area (Å²) in [5, 5.41) is 12.5. The van der Waals surface area contributed by atoms with Gasteiger partial charge in [0.05, 0.1) is 5.56 Å². The summed E-state index contributed by atoms with van der Waals surface area (Å²) in [6.07, 6.45) is 2.24. The smallest absolute Gasteiger partial charge is 0.338 e. The van der Waals surface area contributed by atoms with Crippen molar-refractivity contribution in [2.45, 2.75) is 85.4 Å². The molecule has 0 amide bonds. The van der Waals surface area contributed by atoms with Crippen LogP contribution in [0.25, 0.3) is 0 Å². The minimum atomic E-state index is -2.13. The van der Waals surface area contributed by atoms with Crippen molar-refractivity contribution in [2.24, 2.45) is 28.1 Å². The Hall–Kier alpha value is -3.33. The quantitative estimate of drug-likeness (QED) is 0.376. The summed E-state index contributed by atoms with van der Waals surface area (Å²) in [6, 6.07) is 8.40. The lowest BCUT2D eigenvalue weighted by atomic mass is 9.41. The monoisotopic (exact) mass is 568 g/mol. The number of hydrogen-bond acceptors (Lipinski definition) is 9. The van der Waals surface area contributed by atoms with E-state index in [0.29, 0.717) is 31.2 Å². The predicted molar refractivity (Wildman–Crippen MR) is 147 cm³/mol. The van der Waals surface area contributed by atoms with Crippen molar-refractivity contribution < 1.29 is 43.3 Å². The molecule has 0 saturated heterocycles. The van der Waals surface area contributed by atoms with E-state index in [2.05, 4.69) is 0 Å². The van der Waals surface area contributed by atoms with Crippen molar-refractivity contribution >= 4 is 29.5 Å². The second-order valence-electron chi connectivity index (χ2n) is 12.7. The third kappa shape index (κ3) is 5.02. The van der Waals surface area contributed by atoms with Crippen LogP contribution < -0.4 is 0 Å². The van der Waals surface area contributed by atoms with E-state index in [1.165, 1.54) is 19.9 Å². The van der Waals surface area contributed by atoms with Gasteiger partial charge in [-0.15, -0.1) is 0 Å². The molecular formula is C32H40O9. The summed E-state index contributed by atoms with van der Waals surface area (Å²) in [6.45, 7) is 9.30. The number of rotatable bonds is 7. The largest absolute Gasteiger partial charge is 0.461 e. The van der Waals surface area contributed by atoms with Crippen LogP contribution in [0, 0.1) is 28.1 Å². The molecule has 0 heterocycles. The molecule has 1 aromatic rings. The number of hydrogen-bond donors (Lipinski definition) is 1. The molecule has 0 radical (unpaired) electrons. The Bertz CT molecular complexity index is 1280. The van der Waals surface area contributed by atoms with Gasteiger partial charge in [-0.2, -0.15) is 0 Å². The molecule has 9 nitrogen and oxygen atoms in total. The lowest BCUT2D eigenvalue weighted by Gasteiger charge is -2.64. The second-order valence-corrected chi connectivity index (χ2v) is 12.7. The molecule has 6 unspecified atom stereocenters. The predicted octanol–water partition coefficient (Wildman–Crippen LogP) is 4.35. The van der Waals surface area contributed by atoms with Crippen LogP contribution in [0.4, 0.5) is 0 Å². The first-order valence-corrected chi connectivity index (χ1v) is 14.3. The Morgan fingerprint density at radius 2 is 1.66 bits per heavy atom. The van der Waals surface area contributed by atoms with Gasteiger partial charge in [0.25, 0.3) is 0 Å². The standard InChI is InChI=1S/C32H40O9/c1-7-14-30(6)15-13-23-31(18-39-27(36)21-11-9-8-10-12-21)17-22(40-19(2)33)26(35)29(4,5)24(31)16-25(41-20(3)34)32(23,38)28(30)37/h8-12,17,23-25,38H,7,13-16,18H2,1-6H3. The molecule has 2 saturated carbocycles. The number of fused-ring (bicyclic) bond motifs is 3. The van der Waals surface area contributed by atoms with Gasteiger partial charge in [0.2, 0.25) is 5.78 Å². The van der Waals surface area contributed by atoms with Gasteiger partial charge < -0.3 is 19.3 Å². The highest BCUT2D eigenvalue weighted by Crippen LogP contribution is 2.65. The van der Waals surface area contributed by atoms with Crippen LogP contribution in [0.2, 0.25) is 0 Å². The van der Waals surface area contributed by atoms with Crippen LogP contribution in [-0.4, -0.2) is 52.9 Å². The Labute approximate surface area is 240 Å². The number of esters is 3. The molecule has 4 rings (SSSR count). The normalized spacial score (nSPS) is 34.0. The number of ketones is 2. The first-order chi connectivity index (χ1) is 19.1. The van der Waals surface area contributed by atoms with Gasteiger partial charge in [0, 0.05) is 36.0 Å². The third-order valence-corrected chi connectivity index (χ3v) is 9.57. The summed E-state index contributed by atoms with van der Waals surface area (Å²) in [7, 11) is 0. The van der Waals surface area contributed by atoms with Crippen LogP contribution in [0.15, 0.2) is 42.2 Å². The van der Waals surface area contributed by atoms with Crippen LogP contribution in [0.1, 0.15) is 84.0 Å². The number of carbonyl (C=O) groups is 5. The average Bonchev–Trinajstić information content (AvgIpc) is 2.90. The molecule has 41 heavy (non-hydrogen) atoms. The van der Waals surface area contributed by atoms with E-state index in [9.17, 15) is 29.1 Å². The Morgan fingerprint density at radius 3 is 2.24 bits per heavy atom. The molecular weight excluding hydrogens is 528 g/mol. The van der Waals surface area contributed by atoms with Gasteiger partial charge in [0.1, 0.15) is 12.7 Å². The maximum Gasteiger partial charge on any atom is 0.338 e. The first kappa shape index (κ1) is 30.6. The summed E-state index contributed by atoms with van der Waals surface area (Å²) in [5.74, 6) is -4.59.